The molecule has 2 unspecified atom stereocenters. The maximum absolute atomic E-state index is 2.44. The zero-order chi connectivity index (χ0) is 13.6. The summed E-state index contributed by atoms with van der Waals surface area (Å²) in [5.41, 5.74) is 0. The number of rotatable bonds is 13. The van der Waals surface area contributed by atoms with Crippen LogP contribution >= 0.6 is 0 Å². The molecule has 0 saturated carbocycles. The molecule has 18 heavy (non-hydrogen) atoms. The van der Waals surface area contributed by atoms with Crippen molar-refractivity contribution in [3.63, 3.8) is 0 Å². The molecule has 0 heterocycles. The highest BCUT2D eigenvalue weighted by atomic mass is 14.2. The lowest BCUT2D eigenvalue weighted by Gasteiger charge is -2.19. The van der Waals surface area contributed by atoms with E-state index in [4.69, 9.17) is 0 Å². The second kappa shape index (κ2) is 13.4. The van der Waals surface area contributed by atoms with Crippen molar-refractivity contribution in [1.82, 2.24) is 0 Å². The molecule has 0 nitrogen and oxygen atoms in total. The molecule has 0 aromatic rings. The standard InChI is InChI=1S/C18H38/c1-5-8-10-11-14-18(13-9-6-2)16-15-17(4)12-7-3/h17-18H,5-16H2,1-4H3. The molecule has 0 N–H and O–H groups in total. The average Bonchev–Trinajstić information content (AvgIpc) is 2.37. The summed E-state index contributed by atoms with van der Waals surface area (Å²) < 4.78 is 0. The molecule has 0 aromatic carbocycles. The largest absolute Gasteiger partial charge is 0.0654 e. The fraction of sp³-hybridized carbons (Fsp3) is 1.00. The van der Waals surface area contributed by atoms with Gasteiger partial charge in [0.15, 0.2) is 0 Å². The lowest BCUT2D eigenvalue weighted by Crippen LogP contribution is -2.04. The van der Waals surface area contributed by atoms with E-state index >= 15 is 0 Å². The van der Waals surface area contributed by atoms with Crippen molar-refractivity contribution in [1.29, 1.82) is 0 Å². The van der Waals surface area contributed by atoms with Gasteiger partial charge in [-0.25, -0.2) is 0 Å². The van der Waals surface area contributed by atoms with Crippen LogP contribution in [-0.4, -0.2) is 0 Å². The maximum Gasteiger partial charge on any atom is -0.0414 e. The topological polar surface area (TPSA) is 0 Å². The highest BCUT2D eigenvalue weighted by Crippen LogP contribution is 2.25. The first kappa shape index (κ1) is 18.0. The first-order valence-electron chi connectivity index (χ1n) is 8.74. The van der Waals surface area contributed by atoms with E-state index in [0.717, 1.165) is 11.8 Å². The second-order valence-electron chi connectivity index (χ2n) is 6.33. The third-order valence-electron chi connectivity index (χ3n) is 4.28. The Labute approximate surface area is 117 Å². The first-order valence-corrected chi connectivity index (χ1v) is 8.74. The molecule has 0 aliphatic carbocycles. The van der Waals surface area contributed by atoms with E-state index < -0.39 is 0 Å². The molecule has 0 bridgehead atoms. The molecular formula is C18H38. The number of unbranched alkanes of at least 4 members (excludes halogenated alkanes) is 4. The van der Waals surface area contributed by atoms with Gasteiger partial charge in [-0.2, -0.15) is 0 Å². The van der Waals surface area contributed by atoms with Crippen molar-refractivity contribution in [3.05, 3.63) is 0 Å². The van der Waals surface area contributed by atoms with Crippen LogP contribution in [0.3, 0.4) is 0 Å². The minimum absolute atomic E-state index is 0.953. The van der Waals surface area contributed by atoms with Gasteiger partial charge < -0.3 is 0 Å². The van der Waals surface area contributed by atoms with Gasteiger partial charge in [0.05, 0.1) is 0 Å². The third-order valence-corrected chi connectivity index (χ3v) is 4.28. The lowest BCUT2D eigenvalue weighted by atomic mass is 9.87. The van der Waals surface area contributed by atoms with E-state index in [-0.39, 0.29) is 0 Å². The van der Waals surface area contributed by atoms with Gasteiger partial charge in [-0.3, -0.25) is 0 Å². The van der Waals surface area contributed by atoms with E-state index in [1.54, 1.807) is 0 Å². The fourth-order valence-electron chi connectivity index (χ4n) is 2.94. The summed E-state index contributed by atoms with van der Waals surface area (Å²) >= 11 is 0. The lowest BCUT2D eigenvalue weighted by molar-refractivity contribution is 0.342. The van der Waals surface area contributed by atoms with Gasteiger partial charge in [0.2, 0.25) is 0 Å². The maximum atomic E-state index is 2.44. The van der Waals surface area contributed by atoms with Crippen LogP contribution in [0.1, 0.15) is 105 Å². The van der Waals surface area contributed by atoms with E-state index in [9.17, 15) is 0 Å². The summed E-state index contributed by atoms with van der Waals surface area (Å²) in [6, 6.07) is 0. The van der Waals surface area contributed by atoms with E-state index in [1.807, 2.05) is 0 Å². The van der Waals surface area contributed by atoms with Crippen molar-refractivity contribution < 1.29 is 0 Å². The van der Waals surface area contributed by atoms with Crippen LogP contribution < -0.4 is 0 Å². The van der Waals surface area contributed by atoms with Gasteiger partial charge >= 0.3 is 0 Å². The van der Waals surface area contributed by atoms with Gasteiger partial charge in [0, 0.05) is 0 Å². The molecule has 0 aliphatic heterocycles. The molecule has 0 saturated heterocycles. The van der Waals surface area contributed by atoms with Crippen molar-refractivity contribution in [3.8, 4) is 0 Å². The van der Waals surface area contributed by atoms with Crippen molar-refractivity contribution in [2.45, 2.75) is 105 Å². The predicted molar refractivity (Wildman–Crippen MR) is 85.1 cm³/mol. The molecule has 0 heteroatoms. The van der Waals surface area contributed by atoms with Gasteiger partial charge in [-0.1, -0.05) is 105 Å². The fourth-order valence-corrected chi connectivity index (χ4v) is 2.94. The van der Waals surface area contributed by atoms with Gasteiger partial charge in [0.25, 0.3) is 0 Å². The van der Waals surface area contributed by atoms with E-state index in [0.29, 0.717) is 0 Å². The average molecular weight is 255 g/mol. The third kappa shape index (κ3) is 11.1. The normalized spacial score (nSPS) is 14.7. The first-order chi connectivity index (χ1) is 8.74. The Balaban J connectivity index is 3.75. The van der Waals surface area contributed by atoms with Crippen LogP contribution in [0.25, 0.3) is 0 Å². The molecule has 0 fully saturated rings. The molecule has 2 atom stereocenters. The Morgan fingerprint density at radius 1 is 0.556 bits per heavy atom. The molecule has 0 amide bonds. The van der Waals surface area contributed by atoms with Crippen LogP contribution in [0.2, 0.25) is 0 Å². The monoisotopic (exact) mass is 254 g/mol. The van der Waals surface area contributed by atoms with E-state index in [1.165, 1.54) is 77.0 Å². The predicted octanol–water partition coefficient (Wildman–Crippen LogP) is 6.98. The summed E-state index contributed by atoms with van der Waals surface area (Å²) in [6.45, 7) is 9.39. The summed E-state index contributed by atoms with van der Waals surface area (Å²) in [5.74, 6) is 1.98. The van der Waals surface area contributed by atoms with E-state index in [2.05, 4.69) is 27.7 Å². The van der Waals surface area contributed by atoms with Crippen molar-refractivity contribution in [2.24, 2.45) is 11.8 Å². The Morgan fingerprint density at radius 3 is 1.83 bits per heavy atom. The Morgan fingerprint density at radius 2 is 1.22 bits per heavy atom. The number of hydrogen-bond acceptors (Lipinski definition) is 0. The molecule has 0 radical (unpaired) electrons. The van der Waals surface area contributed by atoms with Gasteiger partial charge in [-0.15, -0.1) is 0 Å². The summed E-state index contributed by atoms with van der Waals surface area (Å²) in [4.78, 5) is 0. The molecule has 0 spiro atoms. The van der Waals surface area contributed by atoms with Crippen LogP contribution in [0.5, 0.6) is 0 Å². The van der Waals surface area contributed by atoms with Crippen LogP contribution in [0.15, 0.2) is 0 Å². The Hall–Kier alpha value is 0. The summed E-state index contributed by atoms with van der Waals surface area (Å²) in [7, 11) is 0. The quantitative estimate of drug-likeness (QED) is 0.311. The SMILES string of the molecule is CCCCCCC(CCCC)CCC(C)CCC. The Kier molecular flexibility index (Phi) is 13.4. The van der Waals surface area contributed by atoms with Gasteiger partial charge in [-0.05, 0) is 11.8 Å². The van der Waals surface area contributed by atoms with Crippen LogP contribution in [-0.2, 0) is 0 Å². The van der Waals surface area contributed by atoms with Crippen LogP contribution in [0.4, 0.5) is 0 Å². The smallest absolute Gasteiger partial charge is 0.0414 e. The highest BCUT2D eigenvalue weighted by molar-refractivity contribution is 4.63. The van der Waals surface area contributed by atoms with Gasteiger partial charge in [0.1, 0.15) is 0 Å². The minimum Gasteiger partial charge on any atom is -0.0654 e. The minimum atomic E-state index is 0.953. The molecule has 0 rings (SSSR count). The van der Waals surface area contributed by atoms with Crippen molar-refractivity contribution in [2.75, 3.05) is 0 Å². The van der Waals surface area contributed by atoms with Crippen molar-refractivity contribution >= 4 is 0 Å². The Bertz CT molecular complexity index is 150. The van der Waals surface area contributed by atoms with Crippen LogP contribution in [0, 0.1) is 11.8 Å². The molecular weight excluding hydrogens is 216 g/mol. The second-order valence-corrected chi connectivity index (χ2v) is 6.33. The summed E-state index contributed by atoms with van der Waals surface area (Å²) in [6.07, 6.45) is 17.3. The summed E-state index contributed by atoms with van der Waals surface area (Å²) in [5, 5.41) is 0. The molecule has 0 aliphatic rings. The zero-order valence-electron chi connectivity index (χ0n) is 13.6. The number of hydrogen-bond donors (Lipinski definition) is 0. The zero-order valence-corrected chi connectivity index (χ0v) is 13.6. The molecule has 0 aromatic heterocycles. The molecule has 110 valence electrons. The highest BCUT2D eigenvalue weighted by Gasteiger charge is 2.10.